The highest BCUT2D eigenvalue weighted by Gasteiger charge is 2.21. The van der Waals surface area contributed by atoms with E-state index in [0.717, 1.165) is 11.3 Å². The van der Waals surface area contributed by atoms with Crippen molar-refractivity contribution in [2.24, 2.45) is 0 Å². The van der Waals surface area contributed by atoms with Gasteiger partial charge in [-0.15, -0.1) is 11.3 Å². The van der Waals surface area contributed by atoms with Gasteiger partial charge in [0.15, 0.2) is 11.5 Å². The number of hydrogen-bond donors (Lipinski definition) is 1. The van der Waals surface area contributed by atoms with Crippen LogP contribution >= 0.6 is 11.3 Å². The van der Waals surface area contributed by atoms with Crippen molar-refractivity contribution in [1.82, 2.24) is 9.55 Å². The van der Waals surface area contributed by atoms with Gasteiger partial charge in [0, 0.05) is 17.3 Å². The van der Waals surface area contributed by atoms with Gasteiger partial charge in [0.1, 0.15) is 23.9 Å². The van der Waals surface area contributed by atoms with Crippen LogP contribution in [0.4, 0.5) is 10.1 Å². The molecule has 0 atom stereocenters. The first kappa shape index (κ1) is 20.2. The molecule has 0 unspecified atom stereocenters. The number of nitrogens with one attached hydrogen (secondary N) is 1. The highest BCUT2D eigenvalue weighted by atomic mass is 32.1. The summed E-state index contributed by atoms with van der Waals surface area (Å²) in [4.78, 5) is 31.2. The van der Waals surface area contributed by atoms with Crippen molar-refractivity contribution in [3.05, 3.63) is 81.0 Å². The topological polar surface area (TPSA) is 82.4 Å². The van der Waals surface area contributed by atoms with Crippen molar-refractivity contribution in [1.29, 1.82) is 0 Å². The van der Waals surface area contributed by atoms with Gasteiger partial charge in [0.05, 0.1) is 23.1 Å². The number of rotatable bonds is 4. The first-order chi connectivity index (χ1) is 15.5. The summed E-state index contributed by atoms with van der Waals surface area (Å²) in [7, 11) is 0. The van der Waals surface area contributed by atoms with Crippen molar-refractivity contribution in [3.8, 4) is 11.5 Å². The number of aromatic nitrogens is 2. The Kier molecular flexibility index (Phi) is 5.10. The molecule has 0 spiro atoms. The zero-order valence-corrected chi connectivity index (χ0v) is 17.9. The molecule has 0 saturated carbocycles. The van der Waals surface area contributed by atoms with E-state index < -0.39 is 0 Å². The van der Waals surface area contributed by atoms with E-state index >= 15 is 0 Å². The smallest absolute Gasteiger partial charge is 0.266 e. The third-order valence-electron chi connectivity index (χ3n) is 5.22. The van der Waals surface area contributed by atoms with Crippen LogP contribution in [0.3, 0.4) is 0 Å². The fourth-order valence-electron chi connectivity index (χ4n) is 3.61. The Hall–Kier alpha value is -3.72. The minimum atomic E-state index is -0.388. The summed E-state index contributed by atoms with van der Waals surface area (Å²) >= 11 is 1.15. The number of carbonyl (C=O) groups is 1. The number of amides is 1. The van der Waals surface area contributed by atoms with E-state index in [1.54, 1.807) is 43.3 Å². The van der Waals surface area contributed by atoms with Crippen LogP contribution in [0.2, 0.25) is 0 Å². The Morgan fingerprint density at radius 3 is 2.78 bits per heavy atom. The minimum Gasteiger partial charge on any atom is -0.486 e. The van der Waals surface area contributed by atoms with E-state index in [9.17, 15) is 14.0 Å². The molecule has 0 saturated heterocycles. The number of anilines is 1. The van der Waals surface area contributed by atoms with Crippen LogP contribution in [0.1, 0.15) is 20.8 Å². The van der Waals surface area contributed by atoms with Gasteiger partial charge in [0.2, 0.25) is 0 Å². The van der Waals surface area contributed by atoms with Crippen LogP contribution < -0.4 is 20.3 Å². The Balaban J connectivity index is 1.45. The summed E-state index contributed by atoms with van der Waals surface area (Å²) in [5.74, 6) is 0.468. The maximum absolute atomic E-state index is 14.0. The third kappa shape index (κ3) is 3.60. The molecule has 5 rings (SSSR count). The van der Waals surface area contributed by atoms with E-state index in [2.05, 4.69) is 10.3 Å². The Bertz CT molecular complexity index is 1410. The van der Waals surface area contributed by atoms with Gasteiger partial charge >= 0.3 is 0 Å². The van der Waals surface area contributed by atoms with Gasteiger partial charge in [-0.05, 0) is 30.7 Å². The molecule has 0 fully saturated rings. The molecule has 0 bridgehead atoms. The van der Waals surface area contributed by atoms with E-state index in [-0.39, 0.29) is 23.8 Å². The van der Waals surface area contributed by atoms with Crippen molar-refractivity contribution in [3.63, 3.8) is 0 Å². The average molecular weight is 451 g/mol. The fraction of sp³-hybridized carbons (Fsp3) is 0.174. The molecule has 3 heterocycles. The highest BCUT2D eigenvalue weighted by molar-refractivity contribution is 7.20. The van der Waals surface area contributed by atoms with Crippen LogP contribution in [0.5, 0.6) is 11.5 Å². The highest BCUT2D eigenvalue weighted by Crippen LogP contribution is 2.33. The maximum atomic E-state index is 14.0. The van der Waals surface area contributed by atoms with E-state index in [4.69, 9.17) is 9.47 Å². The molecule has 162 valence electrons. The predicted octanol–water partition coefficient (Wildman–Crippen LogP) is 3.98. The maximum Gasteiger partial charge on any atom is 0.266 e. The van der Waals surface area contributed by atoms with Crippen LogP contribution in [0.25, 0.3) is 10.2 Å². The third-order valence-corrected chi connectivity index (χ3v) is 6.42. The summed E-state index contributed by atoms with van der Waals surface area (Å²) in [5.41, 5.74) is 1.17. The van der Waals surface area contributed by atoms with E-state index in [1.165, 1.54) is 17.0 Å². The van der Waals surface area contributed by atoms with Crippen molar-refractivity contribution in [2.75, 3.05) is 18.5 Å². The molecule has 7 nitrogen and oxygen atoms in total. The first-order valence-electron chi connectivity index (χ1n) is 9.94. The fourth-order valence-corrected chi connectivity index (χ4v) is 4.64. The molecule has 1 N–H and O–H groups in total. The standard InChI is InChI=1S/C23H18FN3O4S/c1-13-19-22(25-12-27(23(19)29)11-14-4-2-3-5-16(14)24)32-20(13)21(28)26-15-6-7-17-18(10-15)31-9-8-30-17/h2-7,10,12H,8-9,11H2,1H3,(H,26,28). The van der Waals surface area contributed by atoms with E-state index in [0.29, 0.717) is 56.6 Å². The minimum absolute atomic E-state index is 0.0580. The summed E-state index contributed by atoms with van der Waals surface area (Å²) in [6.45, 7) is 2.71. The van der Waals surface area contributed by atoms with Gasteiger partial charge < -0.3 is 14.8 Å². The number of benzene rings is 2. The number of thiophene rings is 1. The Labute approximate surface area is 186 Å². The normalized spacial score (nSPS) is 12.7. The van der Waals surface area contributed by atoms with Crippen molar-refractivity contribution in [2.45, 2.75) is 13.5 Å². The van der Waals surface area contributed by atoms with Gasteiger partial charge in [-0.3, -0.25) is 14.2 Å². The van der Waals surface area contributed by atoms with E-state index in [1.807, 2.05) is 0 Å². The molecule has 1 aliphatic heterocycles. The molecule has 2 aromatic carbocycles. The largest absolute Gasteiger partial charge is 0.486 e. The van der Waals surface area contributed by atoms with Crippen LogP contribution in [0, 0.1) is 12.7 Å². The lowest BCUT2D eigenvalue weighted by molar-refractivity contribution is 0.103. The summed E-state index contributed by atoms with van der Waals surface area (Å²) in [5, 5.41) is 3.20. The summed E-state index contributed by atoms with van der Waals surface area (Å²) in [6.07, 6.45) is 1.38. The van der Waals surface area contributed by atoms with Gasteiger partial charge in [-0.2, -0.15) is 0 Å². The summed E-state index contributed by atoms with van der Waals surface area (Å²) < 4.78 is 26.4. The summed E-state index contributed by atoms with van der Waals surface area (Å²) in [6, 6.07) is 11.5. The monoisotopic (exact) mass is 451 g/mol. The number of fused-ring (bicyclic) bond motifs is 2. The van der Waals surface area contributed by atoms with Gasteiger partial charge in [0.25, 0.3) is 11.5 Å². The molecule has 1 aliphatic rings. The first-order valence-corrected chi connectivity index (χ1v) is 10.8. The molecule has 32 heavy (non-hydrogen) atoms. The van der Waals surface area contributed by atoms with Crippen LogP contribution in [-0.4, -0.2) is 28.7 Å². The molecule has 2 aromatic heterocycles. The van der Waals surface area contributed by atoms with Crippen molar-refractivity contribution >= 4 is 33.1 Å². The lowest BCUT2D eigenvalue weighted by Crippen LogP contribution is -2.21. The molecule has 4 aromatic rings. The number of halogens is 1. The predicted molar refractivity (Wildman–Crippen MR) is 120 cm³/mol. The molecule has 0 aliphatic carbocycles. The second kappa shape index (κ2) is 8.08. The van der Waals surface area contributed by atoms with Crippen molar-refractivity contribution < 1.29 is 18.7 Å². The number of ether oxygens (including phenoxy) is 2. The van der Waals surface area contributed by atoms with Gasteiger partial charge in [-0.25, -0.2) is 9.37 Å². The molecule has 0 radical (unpaired) electrons. The lowest BCUT2D eigenvalue weighted by atomic mass is 10.2. The van der Waals surface area contributed by atoms with Gasteiger partial charge in [-0.1, -0.05) is 18.2 Å². The SMILES string of the molecule is Cc1c(C(=O)Nc2ccc3c(c2)OCCO3)sc2ncn(Cc3ccccc3F)c(=O)c12. The number of hydrogen-bond acceptors (Lipinski definition) is 6. The lowest BCUT2D eigenvalue weighted by Gasteiger charge is -2.18. The molecular weight excluding hydrogens is 433 g/mol. The molecule has 9 heteroatoms. The second-order valence-corrected chi connectivity index (χ2v) is 8.32. The quantitative estimate of drug-likeness (QED) is 0.508. The van der Waals surface area contributed by atoms with Crippen LogP contribution in [-0.2, 0) is 6.54 Å². The Morgan fingerprint density at radius 2 is 1.97 bits per heavy atom. The van der Waals surface area contributed by atoms with Crippen LogP contribution in [0.15, 0.2) is 53.6 Å². The second-order valence-electron chi connectivity index (χ2n) is 7.32. The average Bonchev–Trinajstić information content (AvgIpc) is 3.14. The molecule has 1 amide bonds. The molecular formula is C23H18FN3O4S. The zero-order valence-electron chi connectivity index (χ0n) is 17.1. The number of aryl methyl sites for hydroxylation is 1. The zero-order chi connectivity index (χ0) is 22.2. The Morgan fingerprint density at radius 1 is 1.19 bits per heavy atom. The number of carbonyl (C=O) groups excluding carboxylic acids is 1. The number of nitrogens with zero attached hydrogens (tertiary/aromatic N) is 2.